The Morgan fingerprint density at radius 2 is 1.67 bits per heavy atom. The zero-order chi connectivity index (χ0) is 19.8. The minimum absolute atomic E-state index is 0.0423. The molecule has 146 valence electrons. The van der Waals surface area contributed by atoms with E-state index in [0.29, 0.717) is 18.5 Å². The van der Waals surface area contributed by atoms with Gasteiger partial charge in [-0.2, -0.15) is 12.7 Å². The summed E-state index contributed by atoms with van der Waals surface area (Å²) >= 11 is 0. The number of carboxylic acids is 1. The van der Waals surface area contributed by atoms with Crippen molar-refractivity contribution in [3.63, 3.8) is 0 Å². The number of carbonyl (C=O) groups is 1. The maximum Gasteiger partial charge on any atom is 0.319 e. The van der Waals surface area contributed by atoms with Gasteiger partial charge in [0.2, 0.25) is 0 Å². The molecule has 27 heavy (non-hydrogen) atoms. The Hall–Kier alpha value is -2.37. The first-order chi connectivity index (χ1) is 12.6. The van der Waals surface area contributed by atoms with Crippen molar-refractivity contribution in [1.29, 1.82) is 0 Å². The zero-order valence-electron chi connectivity index (χ0n) is 14.1. The Balaban J connectivity index is 2.17. The molecule has 0 atom stereocenters. The van der Waals surface area contributed by atoms with Crippen LogP contribution in [0.1, 0.15) is 12.8 Å². The number of aliphatic carboxylic acids is 1. The molecule has 9 nitrogen and oxygen atoms in total. The Labute approximate surface area is 156 Å². The highest BCUT2D eigenvalue weighted by atomic mass is 32.2. The standard InChI is InChI=1S/C16H18N2O7S2/c19-15(20)10-26(22,23)14-9-13(11-5-1-2-6-12(11)16(14)21)17-27(24,25)18-7-3-4-8-18/h1-2,5-6,9,17,21H,3-4,7-8,10H2,(H,19,20). The van der Waals surface area contributed by atoms with E-state index >= 15 is 0 Å². The summed E-state index contributed by atoms with van der Waals surface area (Å²) in [4.78, 5) is 10.2. The predicted octanol–water partition coefficient (Wildman–Crippen LogP) is 1.16. The van der Waals surface area contributed by atoms with Crippen LogP contribution in [0.15, 0.2) is 35.2 Å². The summed E-state index contributed by atoms with van der Waals surface area (Å²) in [6, 6.07) is 7.08. The van der Waals surface area contributed by atoms with E-state index in [2.05, 4.69) is 4.72 Å². The lowest BCUT2D eigenvalue weighted by Crippen LogP contribution is -2.33. The number of aromatic hydroxyl groups is 1. The number of hydrogen-bond acceptors (Lipinski definition) is 6. The molecule has 0 aromatic heterocycles. The molecule has 1 aliphatic heterocycles. The average Bonchev–Trinajstić information content (AvgIpc) is 3.11. The van der Waals surface area contributed by atoms with Crippen molar-refractivity contribution < 1.29 is 31.8 Å². The summed E-state index contributed by atoms with van der Waals surface area (Å²) in [6.45, 7) is 0.713. The highest BCUT2D eigenvalue weighted by Gasteiger charge is 2.29. The molecule has 1 aliphatic rings. The van der Waals surface area contributed by atoms with Gasteiger partial charge in [0.25, 0.3) is 0 Å². The van der Waals surface area contributed by atoms with Gasteiger partial charge in [0.1, 0.15) is 10.6 Å². The summed E-state index contributed by atoms with van der Waals surface area (Å²) in [7, 11) is -8.29. The quantitative estimate of drug-likeness (QED) is 0.602. The fourth-order valence-electron chi connectivity index (χ4n) is 3.03. The van der Waals surface area contributed by atoms with Crippen molar-refractivity contribution in [3.05, 3.63) is 30.3 Å². The third kappa shape index (κ3) is 3.84. The van der Waals surface area contributed by atoms with Gasteiger partial charge in [-0.25, -0.2) is 8.42 Å². The molecule has 11 heteroatoms. The number of nitrogens with one attached hydrogen (secondary N) is 1. The average molecular weight is 414 g/mol. The first-order valence-electron chi connectivity index (χ1n) is 8.09. The predicted molar refractivity (Wildman–Crippen MR) is 98.7 cm³/mol. The Kier molecular flexibility index (Phi) is 5.02. The van der Waals surface area contributed by atoms with Gasteiger partial charge in [-0.15, -0.1) is 0 Å². The van der Waals surface area contributed by atoms with Gasteiger partial charge in [0.05, 0.1) is 5.69 Å². The van der Waals surface area contributed by atoms with Crippen LogP contribution in [0.5, 0.6) is 5.75 Å². The number of carboxylic acid groups (broad SMARTS) is 1. The number of hydrogen-bond donors (Lipinski definition) is 3. The van der Waals surface area contributed by atoms with Crippen LogP contribution in [0.4, 0.5) is 5.69 Å². The molecule has 0 bridgehead atoms. The first-order valence-corrected chi connectivity index (χ1v) is 11.2. The second kappa shape index (κ2) is 6.98. The molecular weight excluding hydrogens is 396 g/mol. The fraction of sp³-hybridized carbons (Fsp3) is 0.312. The van der Waals surface area contributed by atoms with Crippen LogP contribution in [0.25, 0.3) is 10.8 Å². The van der Waals surface area contributed by atoms with Gasteiger partial charge < -0.3 is 10.2 Å². The maximum absolute atomic E-state index is 12.6. The minimum atomic E-state index is -4.38. The van der Waals surface area contributed by atoms with Crippen LogP contribution in [0, 0.1) is 0 Å². The van der Waals surface area contributed by atoms with E-state index in [9.17, 15) is 26.7 Å². The highest BCUT2D eigenvalue weighted by molar-refractivity contribution is 7.92. The van der Waals surface area contributed by atoms with Gasteiger partial charge in [-0.05, 0) is 18.9 Å². The van der Waals surface area contributed by atoms with E-state index in [4.69, 9.17) is 5.11 Å². The molecule has 0 unspecified atom stereocenters. The van der Waals surface area contributed by atoms with Gasteiger partial charge >= 0.3 is 16.2 Å². The molecule has 1 saturated heterocycles. The van der Waals surface area contributed by atoms with Gasteiger partial charge in [-0.1, -0.05) is 24.3 Å². The lowest BCUT2D eigenvalue weighted by molar-refractivity contribution is -0.134. The van der Waals surface area contributed by atoms with E-state index in [-0.39, 0.29) is 11.1 Å². The van der Waals surface area contributed by atoms with E-state index < -0.39 is 42.4 Å². The fourth-order valence-corrected chi connectivity index (χ4v) is 5.53. The number of anilines is 1. The highest BCUT2D eigenvalue weighted by Crippen LogP contribution is 2.38. The lowest BCUT2D eigenvalue weighted by Gasteiger charge is -2.19. The molecule has 2 aromatic rings. The molecule has 2 aromatic carbocycles. The third-order valence-electron chi connectivity index (χ3n) is 4.27. The van der Waals surface area contributed by atoms with Crippen LogP contribution in [-0.2, 0) is 24.8 Å². The molecule has 3 rings (SSSR count). The molecular formula is C16H18N2O7S2. The second-order valence-electron chi connectivity index (χ2n) is 6.18. The van der Waals surface area contributed by atoms with Gasteiger partial charge in [0, 0.05) is 23.9 Å². The molecule has 1 fully saturated rings. The van der Waals surface area contributed by atoms with Crippen LogP contribution in [-0.4, -0.2) is 56.2 Å². The molecule has 0 amide bonds. The summed E-state index contributed by atoms with van der Waals surface area (Å²) in [5.74, 6) is -3.42. The molecule has 1 heterocycles. The SMILES string of the molecule is O=C(O)CS(=O)(=O)c1cc(NS(=O)(=O)N2CCCC2)c2ccccc2c1O. The number of rotatable bonds is 6. The summed E-state index contributed by atoms with van der Waals surface area (Å²) in [5.41, 5.74) is -0.0423. The van der Waals surface area contributed by atoms with Crippen LogP contribution < -0.4 is 4.72 Å². The van der Waals surface area contributed by atoms with Crippen molar-refractivity contribution in [2.45, 2.75) is 17.7 Å². The summed E-state index contributed by atoms with van der Waals surface area (Å²) in [6.07, 6.45) is 1.46. The minimum Gasteiger partial charge on any atom is -0.506 e. The third-order valence-corrected chi connectivity index (χ3v) is 7.40. The molecule has 0 aliphatic carbocycles. The first kappa shape index (κ1) is 19.4. The lowest BCUT2D eigenvalue weighted by atomic mass is 10.1. The Morgan fingerprint density at radius 1 is 1.07 bits per heavy atom. The zero-order valence-corrected chi connectivity index (χ0v) is 15.8. The largest absolute Gasteiger partial charge is 0.506 e. The Morgan fingerprint density at radius 3 is 2.26 bits per heavy atom. The van der Waals surface area contributed by atoms with Gasteiger partial charge in [0.15, 0.2) is 15.6 Å². The number of benzene rings is 2. The number of nitrogens with zero attached hydrogens (tertiary/aromatic N) is 1. The number of phenols is 1. The van der Waals surface area contributed by atoms with Crippen LogP contribution >= 0.6 is 0 Å². The number of sulfone groups is 1. The van der Waals surface area contributed by atoms with E-state index in [1.54, 1.807) is 12.1 Å². The van der Waals surface area contributed by atoms with Crippen LogP contribution in [0.2, 0.25) is 0 Å². The van der Waals surface area contributed by atoms with E-state index in [1.807, 2.05) is 0 Å². The molecule has 0 spiro atoms. The summed E-state index contributed by atoms with van der Waals surface area (Å²) < 4.78 is 53.5. The normalized spacial score (nSPS) is 15.9. The van der Waals surface area contributed by atoms with Crippen molar-refractivity contribution in [2.24, 2.45) is 0 Å². The number of fused-ring (bicyclic) bond motifs is 1. The van der Waals surface area contributed by atoms with E-state index in [0.717, 1.165) is 18.9 Å². The van der Waals surface area contributed by atoms with Crippen molar-refractivity contribution in [1.82, 2.24) is 4.31 Å². The van der Waals surface area contributed by atoms with Crippen molar-refractivity contribution >= 4 is 42.5 Å². The second-order valence-corrected chi connectivity index (χ2v) is 9.81. The maximum atomic E-state index is 12.6. The topological polar surface area (TPSA) is 141 Å². The number of phenolic OH excluding ortho intramolecular Hbond substituents is 1. The summed E-state index contributed by atoms with van der Waals surface area (Å²) in [5, 5.41) is 19.6. The molecule has 0 saturated carbocycles. The van der Waals surface area contributed by atoms with Crippen molar-refractivity contribution in [2.75, 3.05) is 23.6 Å². The van der Waals surface area contributed by atoms with Crippen LogP contribution in [0.3, 0.4) is 0 Å². The Bertz CT molecular complexity index is 1110. The molecule has 3 N–H and O–H groups in total. The van der Waals surface area contributed by atoms with E-state index in [1.165, 1.54) is 16.4 Å². The van der Waals surface area contributed by atoms with Crippen molar-refractivity contribution in [3.8, 4) is 5.75 Å². The molecule has 0 radical (unpaired) electrons. The van der Waals surface area contributed by atoms with Gasteiger partial charge in [-0.3, -0.25) is 9.52 Å². The monoisotopic (exact) mass is 414 g/mol. The smallest absolute Gasteiger partial charge is 0.319 e.